The molecule has 6 nitrogen and oxygen atoms in total. The zero-order valence-corrected chi connectivity index (χ0v) is 10.7. The Morgan fingerprint density at radius 2 is 1.90 bits per heavy atom. The second-order valence-electron chi connectivity index (χ2n) is 3.92. The minimum Gasteiger partial charge on any atom is -0.480 e. The van der Waals surface area contributed by atoms with Crippen LogP contribution in [-0.2, 0) is 4.79 Å². The fraction of sp³-hybridized carbons (Fsp3) is 0.333. The fourth-order valence-corrected chi connectivity index (χ4v) is 1.32. The summed E-state index contributed by atoms with van der Waals surface area (Å²) in [6.07, 6.45) is -5.49. The molecule has 0 heterocycles. The largest absolute Gasteiger partial charge is 0.480 e. The maximum Gasteiger partial charge on any atom is 0.390 e. The first-order valence-electron chi connectivity index (χ1n) is 5.83. The Kier molecular flexibility index (Phi) is 5.82. The number of carboxylic acids is 1. The van der Waals surface area contributed by atoms with Crippen LogP contribution in [0.1, 0.15) is 6.42 Å². The second-order valence-corrected chi connectivity index (χ2v) is 3.92. The molecule has 0 aliphatic rings. The number of carboxylic acid groups (broad SMARTS) is 1. The van der Waals surface area contributed by atoms with Gasteiger partial charge in [-0.25, -0.2) is 9.59 Å². The lowest BCUT2D eigenvalue weighted by molar-refractivity contribution is -0.139. The molecule has 1 rings (SSSR count). The number of rotatable bonds is 6. The quantitative estimate of drug-likeness (QED) is 0.752. The number of amides is 2. The van der Waals surface area contributed by atoms with Crippen LogP contribution >= 0.6 is 0 Å². The normalized spacial score (nSPS) is 10.8. The van der Waals surface area contributed by atoms with Gasteiger partial charge in [0.2, 0.25) is 0 Å². The van der Waals surface area contributed by atoms with E-state index < -0.39 is 37.7 Å². The highest BCUT2D eigenvalue weighted by atomic mass is 19.4. The number of nitrogens with one attached hydrogen (secondary N) is 2. The SMILES string of the molecule is O=C(O)COc1ccccc1NC(=O)NCCC(F)(F)F. The summed E-state index contributed by atoms with van der Waals surface area (Å²) in [5, 5.41) is 12.8. The van der Waals surface area contributed by atoms with Crippen molar-refractivity contribution in [2.75, 3.05) is 18.5 Å². The minimum atomic E-state index is -4.35. The number of urea groups is 1. The van der Waals surface area contributed by atoms with Crippen molar-refractivity contribution in [2.45, 2.75) is 12.6 Å². The number of ether oxygens (including phenoxy) is 1. The van der Waals surface area contributed by atoms with Crippen LogP contribution in [0.25, 0.3) is 0 Å². The van der Waals surface area contributed by atoms with Crippen molar-refractivity contribution in [3.8, 4) is 5.75 Å². The molecule has 0 fully saturated rings. The first-order chi connectivity index (χ1) is 9.78. The Labute approximate surface area is 117 Å². The first-order valence-corrected chi connectivity index (χ1v) is 5.83. The van der Waals surface area contributed by atoms with Crippen LogP contribution in [-0.4, -0.2) is 36.4 Å². The number of anilines is 1. The van der Waals surface area contributed by atoms with Gasteiger partial charge in [-0.15, -0.1) is 0 Å². The lowest BCUT2D eigenvalue weighted by Gasteiger charge is -2.12. The molecule has 1 aromatic rings. The third-order valence-electron chi connectivity index (χ3n) is 2.18. The maximum atomic E-state index is 11.9. The van der Waals surface area contributed by atoms with Gasteiger partial charge >= 0.3 is 18.2 Å². The molecule has 0 bridgehead atoms. The Morgan fingerprint density at radius 1 is 1.24 bits per heavy atom. The van der Waals surface area contributed by atoms with Gasteiger partial charge in [-0.05, 0) is 12.1 Å². The van der Waals surface area contributed by atoms with E-state index in [9.17, 15) is 22.8 Å². The van der Waals surface area contributed by atoms with Gasteiger partial charge in [-0.2, -0.15) is 13.2 Å². The lowest BCUT2D eigenvalue weighted by atomic mass is 10.3. The Balaban J connectivity index is 2.53. The molecule has 3 N–H and O–H groups in total. The highest BCUT2D eigenvalue weighted by molar-refractivity contribution is 5.90. The molecule has 0 saturated carbocycles. The molecule has 2 amide bonds. The van der Waals surface area contributed by atoms with Crippen molar-refractivity contribution in [1.82, 2.24) is 5.32 Å². The summed E-state index contributed by atoms with van der Waals surface area (Å²) >= 11 is 0. The molecule has 21 heavy (non-hydrogen) atoms. The van der Waals surface area contributed by atoms with E-state index in [1.165, 1.54) is 12.1 Å². The van der Waals surface area contributed by atoms with Crippen LogP contribution in [0.15, 0.2) is 24.3 Å². The van der Waals surface area contributed by atoms with Crippen molar-refractivity contribution in [1.29, 1.82) is 0 Å². The van der Waals surface area contributed by atoms with Gasteiger partial charge in [0, 0.05) is 6.54 Å². The molecule has 116 valence electrons. The Bertz CT molecular complexity index is 506. The molecular formula is C12H13F3N2O4. The number of halogens is 3. The maximum absolute atomic E-state index is 11.9. The lowest BCUT2D eigenvalue weighted by Crippen LogP contribution is -2.32. The third-order valence-corrected chi connectivity index (χ3v) is 2.18. The summed E-state index contributed by atoms with van der Waals surface area (Å²) in [5.74, 6) is -1.09. The summed E-state index contributed by atoms with van der Waals surface area (Å²) in [4.78, 5) is 21.8. The highest BCUT2D eigenvalue weighted by Gasteiger charge is 2.26. The van der Waals surface area contributed by atoms with Crippen molar-refractivity contribution < 1.29 is 32.6 Å². The van der Waals surface area contributed by atoms with E-state index >= 15 is 0 Å². The predicted molar refractivity (Wildman–Crippen MR) is 67.3 cm³/mol. The molecule has 9 heteroatoms. The molecule has 0 unspecified atom stereocenters. The van der Waals surface area contributed by atoms with Gasteiger partial charge in [-0.1, -0.05) is 12.1 Å². The highest BCUT2D eigenvalue weighted by Crippen LogP contribution is 2.23. The van der Waals surface area contributed by atoms with E-state index in [-0.39, 0.29) is 11.4 Å². The van der Waals surface area contributed by atoms with Gasteiger partial charge in [0.15, 0.2) is 6.61 Å². The summed E-state index contributed by atoms with van der Waals surface area (Å²) in [6.45, 7) is -1.16. The first kappa shape index (κ1) is 16.6. The van der Waals surface area contributed by atoms with Crippen LogP contribution in [0, 0.1) is 0 Å². The van der Waals surface area contributed by atoms with Gasteiger partial charge in [-0.3, -0.25) is 0 Å². The molecule has 0 aromatic heterocycles. The molecule has 0 saturated heterocycles. The topological polar surface area (TPSA) is 87.7 Å². The van der Waals surface area contributed by atoms with E-state index in [1.54, 1.807) is 12.1 Å². The van der Waals surface area contributed by atoms with Crippen LogP contribution < -0.4 is 15.4 Å². The molecule has 0 atom stereocenters. The van der Waals surface area contributed by atoms with Crippen molar-refractivity contribution in [3.05, 3.63) is 24.3 Å². The number of aliphatic carboxylic acids is 1. The predicted octanol–water partition coefficient (Wildman–Crippen LogP) is 2.22. The minimum absolute atomic E-state index is 0.103. The summed E-state index contributed by atoms with van der Waals surface area (Å²) in [5.41, 5.74) is 0.156. The molecule has 1 aromatic carbocycles. The molecule has 0 spiro atoms. The average Bonchev–Trinajstić information content (AvgIpc) is 2.36. The van der Waals surface area contributed by atoms with Crippen molar-refractivity contribution >= 4 is 17.7 Å². The molecule has 0 radical (unpaired) electrons. The van der Waals surface area contributed by atoms with Crippen LogP contribution in [0.3, 0.4) is 0 Å². The van der Waals surface area contributed by atoms with Gasteiger partial charge in [0.1, 0.15) is 5.75 Å². The van der Waals surface area contributed by atoms with Gasteiger partial charge < -0.3 is 20.5 Å². The summed E-state index contributed by atoms with van der Waals surface area (Å²) < 4.78 is 40.7. The standard InChI is InChI=1S/C12H13F3N2O4/c13-12(14,15)5-6-16-11(20)17-8-3-1-2-4-9(8)21-7-10(18)19/h1-4H,5-7H2,(H,18,19)(H2,16,17,20). The monoisotopic (exact) mass is 306 g/mol. The summed E-state index contributed by atoms with van der Waals surface area (Å²) in [6, 6.07) is 5.13. The van der Waals surface area contributed by atoms with E-state index in [0.29, 0.717) is 0 Å². The number of alkyl halides is 3. The summed E-state index contributed by atoms with van der Waals surface area (Å²) in [7, 11) is 0. The van der Waals surface area contributed by atoms with Gasteiger partial charge in [0.05, 0.1) is 12.1 Å². The zero-order valence-electron chi connectivity index (χ0n) is 10.7. The van der Waals surface area contributed by atoms with Crippen LogP contribution in [0.4, 0.5) is 23.7 Å². The number of carbonyl (C=O) groups excluding carboxylic acids is 1. The van der Waals surface area contributed by atoms with Crippen LogP contribution in [0.5, 0.6) is 5.75 Å². The Hall–Kier alpha value is -2.45. The number of para-hydroxylation sites is 2. The third kappa shape index (κ3) is 7.04. The number of benzene rings is 1. The number of hydrogen-bond donors (Lipinski definition) is 3. The van der Waals surface area contributed by atoms with E-state index in [1.807, 2.05) is 5.32 Å². The smallest absolute Gasteiger partial charge is 0.390 e. The molecule has 0 aliphatic heterocycles. The Morgan fingerprint density at radius 3 is 2.52 bits per heavy atom. The van der Waals surface area contributed by atoms with Crippen molar-refractivity contribution in [3.63, 3.8) is 0 Å². The number of carbonyl (C=O) groups is 2. The number of hydrogen-bond acceptors (Lipinski definition) is 3. The van der Waals surface area contributed by atoms with E-state index in [0.717, 1.165) is 0 Å². The molecular weight excluding hydrogens is 293 g/mol. The van der Waals surface area contributed by atoms with E-state index in [4.69, 9.17) is 9.84 Å². The molecule has 0 aliphatic carbocycles. The van der Waals surface area contributed by atoms with Crippen LogP contribution in [0.2, 0.25) is 0 Å². The second kappa shape index (κ2) is 7.36. The van der Waals surface area contributed by atoms with E-state index in [2.05, 4.69) is 5.32 Å². The fourth-order valence-electron chi connectivity index (χ4n) is 1.32. The van der Waals surface area contributed by atoms with Crippen molar-refractivity contribution in [2.24, 2.45) is 0 Å². The zero-order chi connectivity index (χ0) is 15.9. The average molecular weight is 306 g/mol. The van der Waals surface area contributed by atoms with Gasteiger partial charge in [0.25, 0.3) is 0 Å².